The first-order valence-corrected chi connectivity index (χ1v) is 8.28. The van der Waals surface area contributed by atoms with Crippen LogP contribution < -0.4 is 0 Å². The molecule has 1 atom stereocenters. The topological polar surface area (TPSA) is 51.4 Å². The zero-order chi connectivity index (χ0) is 14.8. The summed E-state index contributed by atoms with van der Waals surface area (Å²) in [7, 11) is 0. The van der Waals surface area contributed by atoms with Crippen molar-refractivity contribution in [1.29, 1.82) is 0 Å². The molecule has 7 heteroatoms. The molecule has 0 N–H and O–H groups in total. The minimum absolute atomic E-state index is 0.00285. The third-order valence-electron chi connectivity index (χ3n) is 3.51. The summed E-state index contributed by atoms with van der Waals surface area (Å²) in [5, 5.41) is 11.1. The predicted molar refractivity (Wildman–Crippen MR) is 81.7 cm³/mol. The van der Waals surface area contributed by atoms with Gasteiger partial charge < -0.3 is 9.15 Å². The number of thiophene rings is 1. The fourth-order valence-corrected chi connectivity index (χ4v) is 3.41. The number of morpholine rings is 1. The Hall–Kier alpha value is -0.950. The van der Waals surface area contributed by atoms with Crippen LogP contribution in [0, 0.1) is 0 Å². The molecule has 1 aliphatic rings. The third kappa shape index (κ3) is 3.29. The van der Waals surface area contributed by atoms with E-state index >= 15 is 0 Å². The van der Waals surface area contributed by atoms with Crippen LogP contribution in [0.5, 0.6) is 0 Å². The Morgan fingerprint density at radius 2 is 2.33 bits per heavy atom. The Bertz CT molecular complexity index is 599. The van der Waals surface area contributed by atoms with Crippen molar-refractivity contribution in [3.8, 4) is 0 Å². The van der Waals surface area contributed by atoms with Gasteiger partial charge in [-0.3, -0.25) is 4.90 Å². The fraction of sp³-hybridized carbons (Fsp3) is 0.571. The molecule has 5 nitrogen and oxygen atoms in total. The Morgan fingerprint density at radius 3 is 3.00 bits per heavy atom. The van der Waals surface area contributed by atoms with Gasteiger partial charge in [0, 0.05) is 23.9 Å². The van der Waals surface area contributed by atoms with Gasteiger partial charge in [-0.2, -0.15) is 0 Å². The first kappa shape index (κ1) is 15.0. The molecule has 114 valence electrons. The molecule has 1 saturated heterocycles. The number of nitrogens with zero attached hydrogens (tertiary/aromatic N) is 3. The van der Waals surface area contributed by atoms with Gasteiger partial charge in [0.25, 0.3) is 0 Å². The van der Waals surface area contributed by atoms with E-state index < -0.39 is 0 Å². The van der Waals surface area contributed by atoms with E-state index in [9.17, 15) is 0 Å². The number of halogens is 1. The molecule has 1 fully saturated rings. The Kier molecular flexibility index (Phi) is 4.59. The molecule has 0 saturated carbocycles. The van der Waals surface area contributed by atoms with Crippen LogP contribution in [0.4, 0.5) is 0 Å². The summed E-state index contributed by atoms with van der Waals surface area (Å²) in [5.74, 6) is 1.53. The molecule has 0 unspecified atom stereocenters. The van der Waals surface area contributed by atoms with E-state index in [1.165, 1.54) is 0 Å². The molecule has 0 bridgehead atoms. The normalized spacial score (nSPS) is 20.3. The van der Waals surface area contributed by atoms with Gasteiger partial charge in [-0.25, -0.2) is 0 Å². The van der Waals surface area contributed by atoms with Crippen LogP contribution in [0.15, 0.2) is 15.9 Å². The predicted octanol–water partition coefficient (Wildman–Crippen LogP) is 3.48. The molecule has 0 aromatic carbocycles. The highest BCUT2D eigenvalue weighted by molar-refractivity contribution is 7.10. The van der Waals surface area contributed by atoms with Crippen molar-refractivity contribution in [1.82, 2.24) is 15.1 Å². The highest BCUT2D eigenvalue weighted by Gasteiger charge is 2.30. The SMILES string of the molecule is CC(C)c1nnc([C@@H]2COCCN2Cc2sccc2Cl)o1. The highest BCUT2D eigenvalue weighted by Crippen LogP contribution is 2.30. The fourth-order valence-electron chi connectivity index (χ4n) is 2.29. The summed E-state index contributed by atoms with van der Waals surface area (Å²) in [6, 6.07) is 1.93. The maximum Gasteiger partial charge on any atom is 0.236 e. The maximum absolute atomic E-state index is 6.20. The molecule has 1 aliphatic heterocycles. The molecular formula is C14H18ClN3O2S. The van der Waals surface area contributed by atoms with Crippen LogP contribution >= 0.6 is 22.9 Å². The number of hydrogen-bond acceptors (Lipinski definition) is 6. The molecule has 0 radical (unpaired) electrons. The van der Waals surface area contributed by atoms with Crippen LogP contribution in [-0.4, -0.2) is 34.9 Å². The van der Waals surface area contributed by atoms with E-state index in [1.807, 2.05) is 25.3 Å². The van der Waals surface area contributed by atoms with Crippen LogP contribution in [0.25, 0.3) is 0 Å². The van der Waals surface area contributed by atoms with Crippen molar-refractivity contribution >= 4 is 22.9 Å². The first-order valence-electron chi connectivity index (χ1n) is 7.02. The summed E-state index contributed by atoms with van der Waals surface area (Å²) < 4.78 is 11.4. The largest absolute Gasteiger partial charge is 0.423 e. The lowest BCUT2D eigenvalue weighted by atomic mass is 10.2. The second kappa shape index (κ2) is 6.44. The summed E-state index contributed by atoms with van der Waals surface area (Å²) in [5.41, 5.74) is 0. The Labute approximate surface area is 132 Å². The lowest BCUT2D eigenvalue weighted by molar-refractivity contribution is -0.0222. The van der Waals surface area contributed by atoms with E-state index in [4.69, 9.17) is 20.8 Å². The molecule has 2 aromatic rings. The quantitative estimate of drug-likeness (QED) is 0.860. The van der Waals surface area contributed by atoms with Gasteiger partial charge in [-0.05, 0) is 11.4 Å². The second-order valence-corrected chi connectivity index (χ2v) is 6.79. The standard InChI is InChI=1S/C14H18ClN3O2S/c1-9(2)13-16-17-14(20-13)11-8-19-5-4-18(11)7-12-10(15)3-6-21-12/h3,6,9,11H,4-5,7-8H2,1-2H3/t11-/m0/s1. The lowest BCUT2D eigenvalue weighted by Crippen LogP contribution is -2.39. The van der Waals surface area contributed by atoms with Crippen molar-refractivity contribution in [2.24, 2.45) is 0 Å². The highest BCUT2D eigenvalue weighted by atomic mass is 35.5. The lowest BCUT2D eigenvalue weighted by Gasteiger charge is -2.33. The summed E-state index contributed by atoms with van der Waals surface area (Å²) >= 11 is 7.87. The Balaban J connectivity index is 1.79. The summed E-state index contributed by atoms with van der Waals surface area (Å²) in [6.45, 7) is 6.98. The molecule has 0 spiro atoms. The van der Waals surface area contributed by atoms with Crippen molar-refractivity contribution in [2.75, 3.05) is 19.8 Å². The van der Waals surface area contributed by atoms with Gasteiger partial charge in [0.15, 0.2) is 0 Å². The average molecular weight is 328 g/mol. The van der Waals surface area contributed by atoms with Crippen LogP contribution in [0.2, 0.25) is 5.02 Å². The smallest absolute Gasteiger partial charge is 0.236 e. The molecule has 3 rings (SSSR count). The monoisotopic (exact) mass is 327 g/mol. The summed E-state index contributed by atoms with van der Waals surface area (Å²) in [6.07, 6.45) is 0. The van der Waals surface area contributed by atoms with E-state index in [0.717, 1.165) is 23.0 Å². The zero-order valence-electron chi connectivity index (χ0n) is 12.1. The average Bonchev–Trinajstić information content (AvgIpc) is 3.10. The maximum atomic E-state index is 6.20. The van der Waals surface area contributed by atoms with E-state index in [2.05, 4.69) is 15.1 Å². The number of rotatable bonds is 4. The van der Waals surface area contributed by atoms with Crippen molar-refractivity contribution < 1.29 is 9.15 Å². The minimum Gasteiger partial charge on any atom is -0.423 e. The van der Waals surface area contributed by atoms with Gasteiger partial charge in [0.05, 0.1) is 18.2 Å². The molecule has 21 heavy (non-hydrogen) atoms. The van der Waals surface area contributed by atoms with E-state index in [0.29, 0.717) is 25.0 Å². The third-order valence-corrected chi connectivity index (χ3v) is 4.88. The number of aromatic nitrogens is 2. The van der Waals surface area contributed by atoms with Gasteiger partial charge in [0.2, 0.25) is 11.8 Å². The van der Waals surface area contributed by atoms with Crippen LogP contribution in [0.1, 0.15) is 42.5 Å². The zero-order valence-corrected chi connectivity index (χ0v) is 13.7. The van der Waals surface area contributed by atoms with Gasteiger partial charge in [-0.1, -0.05) is 25.4 Å². The second-order valence-electron chi connectivity index (χ2n) is 5.39. The molecule has 3 heterocycles. The van der Waals surface area contributed by atoms with Crippen LogP contribution in [-0.2, 0) is 11.3 Å². The molecule has 0 amide bonds. The van der Waals surface area contributed by atoms with Crippen LogP contribution in [0.3, 0.4) is 0 Å². The number of hydrogen-bond donors (Lipinski definition) is 0. The van der Waals surface area contributed by atoms with E-state index in [1.54, 1.807) is 11.3 Å². The van der Waals surface area contributed by atoms with Gasteiger partial charge in [-0.15, -0.1) is 21.5 Å². The van der Waals surface area contributed by atoms with Crippen molar-refractivity contribution in [3.05, 3.63) is 33.1 Å². The first-order chi connectivity index (χ1) is 10.1. The van der Waals surface area contributed by atoms with Gasteiger partial charge >= 0.3 is 0 Å². The minimum atomic E-state index is -0.00285. The van der Waals surface area contributed by atoms with Crippen molar-refractivity contribution in [3.63, 3.8) is 0 Å². The van der Waals surface area contributed by atoms with Crippen molar-refractivity contribution in [2.45, 2.75) is 32.4 Å². The number of ether oxygens (including phenoxy) is 1. The summed E-state index contributed by atoms with van der Waals surface area (Å²) in [4.78, 5) is 3.45. The molecular weight excluding hydrogens is 310 g/mol. The molecule has 0 aliphatic carbocycles. The molecule has 2 aromatic heterocycles. The van der Waals surface area contributed by atoms with E-state index in [-0.39, 0.29) is 12.0 Å². The Morgan fingerprint density at radius 1 is 1.48 bits per heavy atom. The van der Waals surface area contributed by atoms with Gasteiger partial charge in [0.1, 0.15) is 6.04 Å².